The van der Waals surface area contributed by atoms with E-state index in [-0.39, 0.29) is 5.71 Å². The van der Waals surface area contributed by atoms with Crippen LogP contribution in [-0.2, 0) is 10.2 Å². The van der Waals surface area contributed by atoms with Crippen LogP contribution in [0.25, 0.3) is 0 Å². The summed E-state index contributed by atoms with van der Waals surface area (Å²) in [5.41, 5.74) is -2.12. The summed E-state index contributed by atoms with van der Waals surface area (Å²) in [5.74, 6) is -1.96. The first-order chi connectivity index (χ1) is 14.0. The molecule has 7 nitrogen and oxygen atoms in total. The van der Waals surface area contributed by atoms with Gasteiger partial charge in [0.15, 0.2) is 0 Å². The molecule has 0 saturated heterocycles. The Labute approximate surface area is 169 Å². The number of nitrogens with one attached hydrogen (secondary N) is 2. The first-order valence-electron chi connectivity index (χ1n) is 9.66. The Morgan fingerprint density at radius 3 is 2.66 bits per heavy atom. The first-order valence-corrected chi connectivity index (χ1v) is 9.66. The van der Waals surface area contributed by atoms with Gasteiger partial charge in [-0.05, 0) is 30.2 Å². The molecule has 2 aliphatic heterocycles. The minimum absolute atomic E-state index is 0.303. The van der Waals surface area contributed by atoms with Crippen LogP contribution >= 0.6 is 0 Å². The molecule has 4 rings (SSSR count). The normalized spacial score (nSPS) is 29.7. The van der Waals surface area contributed by atoms with Crippen molar-refractivity contribution in [2.24, 2.45) is 17.3 Å². The fourth-order valence-electron chi connectivity index (χ4n) is 5.33. The second-order valence-electron chi connectivity index (χ2n) is 7.77. The number of benzene rings is 1. The number of carbonyl (C=O) groups excluding carboxylic acids is 1. The van der Waals surface area contributed by atoms with Crippen molar-refractivity contribution < 1.29 is 4.79 Å². The third kappa shape index (κ3) is 2.13. The van der Waals surface area contributed by atoms with Gasteiger partial charge in [0, 0.05) is 24.7 Å². The number of fused-ring (bicyclic) bond motifs is 4. The number of amides is 1. The highest BCUT2D eigenvalue weighted by Crippen LogP contribution is 2.61. The van der Waals surface area contributed by atoms with Gasteiger partial charge in [0.2, 0.25) is 11.3 Å². The van der Waals surface area contributed by atoms with E-state index in [4.69, 9.17) is 5.41 Å². The van der Waals surface area contributed by atoms with Crippen LogP contribution in [0.5, 0.6) is 0 Å². The standard InChI is InChI=1S/C22H20N6O/c1-2-8-28-9-7-14-15(10-23)19(26)21(12-24,13-25)22(17(14)11-28)16-5-3-4-6-18(16)27-20(22)29/h3-7,15,17,26H,2,8-9,11H2,1H3,(H,27,29)/t15?,17-,22-/m1/s1. The molecule has 1 spiro atoms. The number of anilines is 1. The Morgan fingerprint density at radius 1 is 1.28 bits per heavy atom. The van der Waals surface area contributed by atoms with Gasteiger partial charge in [-0.2, -0.15) is 15.8 Å². The monoisotopic (exact) mass is 384 g/mol. The van der Waals surface area contributed by atoms with Crippen LogP contribution in [0.15, 0.2) is 35.9 Å². The zero-order valence-electron chi connectivity index (χ0n) is 16.1. The molecular formula is C22H20N6O. The van der Waals surface area contributed by atoms with Gasteiger partial charge in [-0.25, -0.2) is 0 Å². The smallest absolute Gasteiger partial charge is 0.238 e. The highest BCUT2D eigenvalue weighted by atomic mass is 16.2. The van der Waals surface area contributed by atoms with Crippen LogP contribution in [-0.4, -0.2) is 36.2 Å². The molecular weight excluding hydrogens is 364 g/mol. The van der Waals surface area contributed by atoms with E-state index >= 15 is 0 Å². The second-order valence-corrected chi connectivity index (χ2v) is 7.77. The number of carbonyl (C=O) groups is 1. The number of hydrogen-bond donors (Lipinski definition) is 2. The molecule has 0 aromatic heterocycles. The van der Waals surface area contributed by atoms with E-state index in [0.717, 1.165) is 13.0 Å². The number of rotatable bonds is 2. The van der Waals surface area contributed by atoms with Crippen LogP contribution in [0.4, 0.5) is 5.69 Å². The lowest BCUT2D eigenvalue weighted by Crippen LogP contribution is -2.66. The molecule has 1 amide bonds. The summed E-state index contributed by atoms with van der Waals surface area (Å²) in [6.07, 6.45) is 2.84. The maximum absolute atomic E-state index is 13.6. The predicted molar refractivity (Wildman–Crippen MR) is 106 cm³/mol. The van der Waals surface area contributed by atoms with Crippen LogP contribution in [0.1, 0.15) is 18.9 Å². The van der Waals surface area contributed by atoms with Crippen molar-refractivity contribution in [2.45, 2.75) is 18.8 Å². The van der Waals surface area contributed by atoms with Crippen LogP contribution in [0.3, 0.4) is 0 Å². The third-order valence-electron chi connectivity index (χ3n) is 6.53. The number of para-hydroxylation sites is 1. The van der Waals surface area contributed by atoms with Crippen molar-refractivity contribution in [1.29, 1.82) is 21.2 Å². The lowest BCUT2D eigenvalue weighted by molar-refractivity contribution is -0.125. The summed E-state index contributed by atoms with van der Waals surface area (Å²) < 4.78 is 0. The predicted octanol–water partition coefficient (Wildman–Crippen LogP) is 2.35. The zero-order chi connectivity index (χ0) is 20.8. The van der Waals surface area contributed by atoms with Gasteiger partial charge in [-0.1, -0.05) is 31.2 Å². The molecule has 3 aliphatic rings. The molecule has 1 fully saturated rings. The molecule has 1 saturated carbocycles. The van der Waals surface area contributed by atoms with E-state index in [1.807, 2.05) is 18.2 Å². The molecule has 1 unspecified atom stereocenters. The minimum atomic E-state index is -2.05. The molecule has 29 heavy (non-hydrogen) atoms. The molecule has 1 aliphatic carbocycles. The Kier molecular flexibility index (Phi) is 4.26. The van der Waals surface area contributed by atoms with Crippen molar-refractivity contribution in [3.63, 3.8) is 0 Å². The summed E-state index contributed by atoms with van der Waals surface area (Å²) in [4.78, 5) is 15.7. The van der Waals surface area contributed by atoms with Gasteiger partial charge < -0.3 is 10.7 Å². The van der Waals surface area contributed by atoms with Gasteiger partial charge in [-0.15, -0.1) is 0 Å². The zero-order valence-corrected chi connectivity index (χ0v) is 16.1. The topological polar surface area (TPSA) is 128 Å². The highest BCUT2D eigenvalue weighted by Gasteiger charge is 2.73. The summed E-state index contributed by atoms with van der Waals surface area (Å²) in [6, 6.07) is 13.2. The summed E-state index contributed by atoms with van der Waals surface area (Å²) in [7, 11) is 0. The van der Waals surface area contributed by atoms with Crippen molar-refractivity contribution >= 4 is 17.3 Å². The van der Waals surface area contributed by atoms with E-state index in [9.17, 15) is 20.6 Å². The van der Waals surface area contributed by atoms with Crippen molar-refractivity contribution in [1.82, 2.24) is 4.90 Å². The SMILES string of the molecule is CCCN1CC=C2C(C#N)C(=N)C(C#N)(C#N)[C@@]3(C(=O)Nc4ccccc43)[C@@H]2C1. The van der Waals surface area contributed by atoms with Gasteiger partial charge in [0.1, 0.15) is 11.3 Å². The van der Waals surface area contributed by atoms with Crippen LogP contribution in [0.2, 0.25) is 0 Å². The van der Waals surface area contributed by atoms with E-state index in [0.29, 0.717) is 29.9 Å². The largest absolute Gasteiger partial charge is 0.325 e. The molecule has 0 radical (unpaired) electrons. The molecule has 2 heterocycles. The number of nitrogens with zero attached hydrogens (tertiary/aromatic N) is 4. The van der Waals surface area contributed by atoms with Crippen molar-refractivity contribution in [3.05, 3.63) is 41.5 Å². The Balaban J connectivity index is 2.07. The number of hydrogen-bond acceptors (Lipinski definition) is 6. The third-order valence-corrected chi connectivity index (χ3v) is 6.53. The van der Waals surface area contributed by atoms with E-state index in [2.05, 4.69) is 23.2 Å². The van der Waals surface area contributed by atoms with Crippen LogP contribution < -0.4 is 5.32 Å². The van der Waals surface area contributed by atoms with E-state index in [1.54, 1.807) is 24.3 Å². The maximum Gasteiger partial charge on any atom is 0.238 e. The van der Waals surface area contributed by atoms with E-state index in [1.165, 1.54) is 0 Å². The summed E-state index contributed by atoms with van der Waals surface area (Å²) in [6.45, 7) is 3.95. The van der Waals surface area contributed by atoms with Crippen molar-refractivity contribution in [3.8, 4) is 18.2 Å². The molecule has 1 aromatic carbocycles. The number of nitriles is 3. The molecule has 0 bridgehead atoms. The Morgan fingerprint density at radius 2 is 2.00 bits per heavy atom. The summed E-state index contributed by atoms with van der Waals surface area (Å²) >= 11 is 0. The van der Waals surface area contributed by atoms with Crippen molar-refractivity contribution in [2.75, 3.05) is 25.0 Å². The quantitative estimate of drug-likeness (QED) is 0.757. The average molecular weight is 384 g/mol. The highest BCUT2D eigenvalue weighted by molar-refractivity contribution is 6.16. The molecule has 144 valence electrons. The minimum Gasteiger partial charge on any atom is -0.325 e. The molecule has 7 heteroatoms. The Hall–Kier alpha value is -3.47. The second kappa shape index (κ2) is 6.55. The van der Waals surface area contributed by atoms with Crippen LogP contribution in [0, 0.1) is 56.7 Å². The van der Waals surface area contributed by atoms with Gasteiger partial charge in [-0.3, -0.25) is 9.69 Å². The van der Waals surface area contributed by atoms with Gasteiger partial charge in [0.25, 0.3) is 0 Å². The van der Waals surface area contributed by atoms with Gasteiger partial charge >= 0.3 is 0 Å². The first kappa shape index (κ1) is 18.9. The maximum atomic E-state index is 13.6. The molecule has 1 aromatic rings. The lowest BCUT2D eigenvalue weighted by Gasteiger charge is -2.52. The van der Waals surface area contributed by atoms with Gasteiger partial charge in [0.05, 0.1) is 23.9 Å². The fourth-order valence-corrected chi connectivity index (χ4v) is 5.33. The fraction of sp³-hybridized carbons (Fsp3) is 0.409. The van der Waals surface area contributed by atoms with E-state index < -0.39 is 28.6 Å². The average Bonchev–Trinajstić information content (AvgIpc) is 3.03. The summed E-state index contributed by atoms with van der Waals surface area (Å²) in [5, 5.41) is 41.8. The molecule has 2 N–H and O–H groups in total. The Bertz CT molecular complexity index is 1050. The lowest BCUT2D eigenvalue weighted by atomic mass is 9.45. The molecule has 3 atom stereocenters.